The molecule has 3 nitrogen and oxygen atoms in total. The van der Waals surface area contributed by atoms with Gasteiger partial charge in [-0.05, 0) is 12.8 Å². The summed E-state index contributed by atoms with van der Waals surface area (Å²) in [6.45, 7) is 0. The smallest absolute Gasteiger partial charge is 0.153 e. The third-order valence-electron chi connectivity index (χ3n) is 3.01. The third kappa shape index (κ3) is 1.72. The zero-order valence-electron chi connectivity index (χ0n) is 8.57. The van der Waals surface area contributed by atoms with Gasteiger partial charge >= 0.3 is 0 Å². The lowest BCUT2D eigenvalue weighted by atomic mass is 9.86. The summed E-state index contributed by atoms with van der Waals surface area (Å²) in [6, 6.07) is 0. The van der Waals surface area contributed by atoms with E-state index in [9.17, 15) is 4.79 Å². The summed E-state index contributed by atoms with van der Waals surface area (Å²) in [5.41, 5.74) is 1.79. The second-order valence-electron chi connectivity index (χ2n) is 4.10. The fourth-order valence-corrected chi connectivity index (χ4v) is 2.31. The van der Waals surface area contributed by atoms with Crippen LogP contribution in [0.4, 0.5) is 0 Å². The fraction of sp³-hybridized carbons (Fsp3) is 0.636. The van der Waals surface area contributed by atoms with Crippen LogP contribution < -0.4 is 0 Å². The summed E-state index contributed by atoms with van der Waals surface area (Å²) < 4.78 is 1.74. The predicted molar refractivity (Wildman–Crippen MR) is 54.4 cm³/mol. The Balaban J connectivity index is 2.24. The number of aldehydes is 1. The summed E-state index contributed by atoms with van der Waals surface area (Å²) in [7, 11) is 1.87. The van der Waals surface area contributed by atoms with Crippen molar-refractivity contribution in [3.63, 3.8) is 0 Å². The van der Waals surface area contributed by atoms with E-state index in [1.54, 1.807) is 4.68 Å². The number of rotatable bonds is 2. The molecule has 2 rings (SSSR count). The van der Waals surface area contributed by atoms with Gasteiger partial charge in [0.1, 0.15) is 0 Å². The van der Waals surface area contributed by atoms with E-state index >= 15 is 0 Å². The topological polar surface area (TPSA) is 34.9 Å². The zero-order valence-corrected chi connectivity index (χ0v) is 8.57. The highest BCUT2D eigenvalue weighted by molar-refractivity contribution is 5.76. The Morgan fingerprint density at radius 1 is 1.43 bits per heavy atom. The maximum Gasteiger partial charge on any atom is 0.153 e. The highest BCUT2D eigenvalue weighted by Crippen LogP contribution is 2.32. The van der Waals surface area contributed by atoms with Gasteiger partial charge < -0.3 is 0 Å². The van der Waals surface area contributed by atoms with Crippen LogP contribution in [0.2, 0.25) is 0 Å². The number of carbonyl (C=O) groups excluding carboxylic acids is 1. The largest absolute Gasteiger partial charge is 0.298 e. The van der Waals surface area contributed by atoms with Crippen LogP contribution in [-0.2, 0) is 7.05 Å². The van der Waals surface area contributed by atoms with Crippen molar-refractivity contribution in [2.75, 3.05) is 0 Å². The normalized spacial score (nSPS) is 18.4. The first-order valence-corrected chi connectivity index (χ1v) is 5.30. The monoisotopic (exact) mass is 192 g/mol. The molecular formula is C11H16N2O. The van der Waals surface area contributed by atoms with Gasteiger partial charge in [-0.1, -0.05) is 19.3 Å². The standard InChI is InChI=1S/C11H16N2O/c1-13-7-10(8-14)11(12-13)9-5-3-2-4-6-9/h7-9H,2-6H2,1H3. The first-order chi connectivity index (χ1) is 6.81. The molecule has 1 aliphatic rings. The van der Waals surface area contributed by atoms with Gasteiger partial charge in [0.2, 0.25) is 0 Å². The van der Waals surface area contributed by atoms with Crippen LogP contribution in [0, 0.1) is 0 Å². The van der Waals surface area contributed by atoms with Gasteiger partial charge in [0.15, 0.2) is 6.29 Å². The molecule has 1 saturated carbocycles. The van der Waals surface area contributed by atoms with Crippen molar-refractivity contribution in [3.8, 4) is 0 Å². The van der Waals surface area contributed by atoms with E-state index in [2.05, 4.69) is 5.10 Å². The SMILES string of the molecule is Cn1cc(C=O)c(C2CCCCC2)n1. The van der Waals surface area contributed by atoms with Crippen LogP contribution >= 0.6 is 0 Å². The molecule has 0 radical (unpaired) electrons. The Hall–Kier alpha value is -1.12. The molecule has 0 spiro atoms. The summed E-state index contributed by atoms with van der Waals surface area (Å²) in [5.74, 6) is 0.519. The summed E-state index contributed by atoms with van der Waals surface area (Å²) in [5, 5.41) is 4.39. The molecule has 0 amide bonds. The van der Waals surface area contributed by atoms with Gasteiger partial charge in [-0.15, -0.1) is 0 Å². The van der Waals surface area contributed by atoms with Crippen LogP contribution in [0.3, 0.4) is 0 Å². The molecule has 0 atom stereocenters. The van der Waals surface area contributed by atoms with Crippen molar-refractivity contribution in [3.05, 3.63) is 17.5 Å². The van der Waals surface area contributed by atoms with E-state index in [-0.39, 0.29) is 0 Å². The lowest BCUT2D eigenvalue weighted by molar-refractivity contribution is 0.112. The molecular weight excluding hydrogens is 176 g/mol. The lowest BCUT2D eigenvalue weighted by Gasteiger charge is -2.19. The summed E-state index contributed by atoms with van der Waals surface area (Å²) in [6.07, 6.45) is 9.02. The quantitative estimate of drug-likeness (QED) is 0.674. The minimum Gasteiger partial charge on any atom is -0.298 e. The number of carbonyl (C=O) groups is 1. The van der Waals surface area contributed by atoms with Crippen molar-refractivity contribution in [1.29, 1.82) is 0 Å². The van der Waals surface area contributed by atoms with Crippen molar-refractivity contribution in [1.82, 2.24) is 9.78 Å². The molecule has 0 aliphatic heterocycles. The van der Waals surface area contributed by atoms with E-state index in [0.717, 1.165) is 17.5 Å². The molecule has 1 aromatic rings. The van der Waals surface area contributed by atoms with E-state index in [0.29, 0.717) is 5.92 Å². The van der Waals surface area contributed by atoms with Gasteiger partial charge in [0.05, 0.1) is 11.3 Å². The van der Waals surface area contributed by atoms with Crippen LogP contribution in [0.25, 0.3) is 0 Å². The van der Waals surface area contributed by atoms with Crippen LogP contribution in [0.1, 0.15) is 54.1 Å². The molecule has 0 saturated heterocycles. The minimum atomic E-state index is 0.519. The van der Waals surface area contributed by atoms with Gasteiger partial charge in [0.25, 0.3) is 0 Å². The van der Waals surface area contributed by atoms with Gasteiger partial charge in [-0.3, -0.25) is 9.48 Å². The van der Waals surface area contributed by atoms with Crippen molar-refractivity contribution in [2.24, 2.45) is 7.05 Å². The molecule has 14 heavy (non-hydrogen) atoms. The number of hydrogen-bond acceptors (Lipinski definition) is 2. The van der Waals surface area contributed by atoms with E-state index in [1.165, 1.54) is 32.1 Å². The second kappa shape index (κ2) is 3.95. The van der Waals surface area contributed by atoms with E-state index < -0.39 is 0 Å². The number of aryl methyl sites for hydroxylation is 1. The average Bonchev–Trinajstić information content (AvgIpc) is 2.61. The molecule has 1 heterocycles. The van der Waals surface area contributed by atoms with Crippen molar-refractivity contribution < 1.29 is 4.79 Å². The van der Waals surface area contributed by atoms with Crippen LogP contribution in [-0.4, -0.2) is 16.1 Å². The second-order valence-corrected chi connectivity index (χ2v) is 4.10. The minimum absolute atomic E-state index is 0.519. The van der Waals surface area contributed by atoms with Crippen LogP contribution in [0.5, 0.6) is 0 Å². The molecule has 3 heteroatoms. The predicted octanol–water partition coefficient (Wildman–Crippen LogP) is 2.28. The number of aromatic nitrogens is 2. The molecule has 1 fully saturated rings. The molecule has 0 unspecified atom stereocenters. The first-order valence-electron chi connectivity index (χ1n) is 5.30. The summed E-state index contributed by atoms with van der Waals surface area (Å²) >= 11 is 0. The van der Waals surface area contributed by atoms with E-state index in [1.807, 2.05) is 13.2 Å². The first kappa shape index (κ1) is 9.44. The molecule has 76 valence electrons. The Kier molecular flexibility index (Phi) is 2.66. The van der Waals surface area contributed by atoms with Crippen LogP contribution in [0.15, 0.2) is 6.20 Å². The number of nitrogens with zero attached hydrogens (tertiary/aromatic N) is 2. The fourth-order valence-electron chi connectivity index (χ4n) is 2.31. The molecule has 0 bridgehead atoms. The molecule has 0 N–H and O–H groups in total. The van der Waals surface area contributed by atoms with Gasteiger partial charge in [-0.2, -0.15) is 5.10 Å². The third-order valence-corrected chi connectivity index (χ3v) is 3.01. The van der Waals surface area contributed by atoms with Gasteiger partial charge in [-0.25, -0.2) is 0 Å². The molecule has 1 aliphatic carbocycles. The maximum absolute atomic E-state index is 10.8. The van der Waals surface area contributed by atoms with Crippen molar-refractivity contribution in [2.45, 2.75) is 38.0 Å². The van der Waals surface area contributed by atoms with E-state index in [4.69, 9.17) is 0 Å². The Morgan fingerprint density at radius 3 is 2.79 bits per heavy atom. The lowest BCUT2D eigenvalue weighted by Crippen LogP contribution is -2.07. The zero-order chi connectivity index (χ0) is 9.97. The Morgan fingerprint density at radius 2 is 2.14 bits per heavy atom. The van der Waals surface area contributed by atoms with Gasteiger partial charge in [0, 0.05) is 19.2 Å². The summed E-state index contributed by atoms with van der Waals surface area (Å²) in [4.78, 5) is 10.8. The Bertz CT molecular complexity index is 324. The Labute approximate surface area is 84.1 Å². The van der Waals surface area contributed by atoms with Crippen molar-refractivity contribution >= 4 is 6.29 Å². The average molecular weight is 192 g/mol. The number of hydrogen-bond donors (Lipinski definition) is 0. The molecule has 0 aromatic carbocycles. The highest BCUT2D eigenvalue weighted by Gasteiger charge is 2.20. The molecule has 1 aromatic heterocycles. The maximum atomic E-state index is 10.8. The highest BCUT2D eigenvalue weighted by atomic mass is 16.1.